The number of benzene rings is 26. The third-order valence-corrected chi connectivity index (χ3v) is 43.6. The monoisotopic (exact) mass is 1990 g/mol. The Morgan fingerprint density at radius 1 is 0.153 bits per heavy atom. The molecule has 0 unspecified atom stereocenters. The van der Waals surface area contributed by atoms with Gasteiger partial charge in [0.05, 0.1) is 33.1 Å². The first-order valence-electron chi connectivity index (χ1n) is 50.8. The molecule has 0 bridgehead atoms. The summed E-state index contributed by atoms with van der Waals surface area (Å²) in [7, 11) is -12.8. The maximum Gasteiger partial charge on any atom is 0.171 e. The number of pyridine rings is 2. The van der Waals surface area contributed by atoms with Crippen LogP contribution in [0, 0.1) is 0 Å². The molecule has 704 valence electrons. The van der Waals surface area contributed by atoms with Crippen molar-refractivity contribution < 1.29 is 18.3 Å². The Morgan fingerprint density at radius 3 is 0.773 bits per heavy atom. The molecular formula is C138H88N4O4P4. The van der Waals surface area contributed by atoms with Gasteiger partial charge in [-0.15, -0.1) is 0 Å². The Balaban J connectivity index is 0.000000143. The molecule has 0 spiro atoms. The van der Waals surface area contributed by atoms with Gasteiger partial charge in [-0.3, -0.25) is 8.80 Å². The van der Waals surface area contributed by atoms with E-state index in [1.807, 2.05) is 261 Å². The van der Waals surface area contributed by atoms with E-state index in [9.17, 15) is 0 Å². The minimum atomic E-state index is -3.28. The third-order valence-electron chi connectivity index (χ3n) is 31.3. The van der Waals surface area contributed by atoms with Crippen LogP contribution in [0.3, 0.4) is 0 Å². The zero-order chi connectivity index (χ0) is 99.7. The molecule has 0 radical (unpaired) electrons. The zero-order valence-corrected chi connectivity index (χ0v) is 84.6. The van der Waals surface area contributed by atoms with Crippen molar-refractivity contribution in [3.63, 3.8) is 0 Å². The summed E-state index contributed by atoms with van der Waals surface area (Å²) in [6.45, 7) is 0. The second-order valence-electron chi connectivity index (χ2n) is 39.4. The molecule has 0 N–H and O–H groups in total. The van der Waals surface area contributed by atoms with Crippen LogP contribution in [0.2, 0.25) is 0 Å². The Hall–Kier alpha value is -17.8. The Morgan fingerprint density at radius 2 is 0.400 bits per heavy atom. The fraction of sp³-hybridized carbons (Fsp3) is 0. The van der Waals surface area contributed by atoms with Crippen LogP contribution in [-0.4, -0.2) is 18.8 Å². The quantitative estimate of drug-likeness (QED) is 0.0705. The van der Waals surface area contributed by atoms with Crippen LogP contribution in [0.25, 0.3) is 207 Å². The maximum absolute atomic E-state index is 16.0. The highest BCUT2D eigenvalue weighted by Gasteiger charge is 2.37. The first-order valence-corrected chi connectivity index (χ1v) is 57.6. The average molecular weight is 1990 g/mol. The smallest absolute Gasteiger partial charge is 0.171 e. The number of hydrogen-bond acceptors (Lipinski definition) is 6. The molecule has 0 saturated heterocycles. The van der Waals surface area contributed by atoms with Crippen molar-refractivity contribution >= 4 is 255 Å². The van der Waals surface area contributed by atoms with Crippen LogP contribution >= 0.6 is 28.6 Å². The molecule has 0 aliphatic rings. The summed E-state index contributed by atoms with van der Waals surface area (Å²) in [5.41, 5.74) is 16.9. The van der Waals surface area contributed by atoms with Crippen molar-refractivity contribution in [3.05, 3.63) is 534 Å². The van der Waals surface area contributed by atoms with Gasteiger partial charge in [0.15, 0.2) is 28.6 Å². The minimum absolute atomic E-state index is 0.817. The van der Waals surface area contributed by atoms with Gasteiger partial charge in [0.2, 0.25) is 0 Å². The molecule has 12 heteroatoms. The number of rotatable bonds is 16. The summed E-state index contributed by atoms with van der Waals surface area (Å²) >= 11 is 0. The van der Waals surface area contributed by atoms with E-state index in [0.717, 1.165) is 260 Å². The molecule has 0 saturated carbocycles. The highest BCUT2D eigenvalue weighted by atomic mass is 31.2. The largest absolute Gasteiger partial charge is 0.309 e. The molecule has 150 heavy (non-hydrogen) atoms. The van der Waals surface area contributed by atoms with E-state index in [0.29, 0.717) is 0 Å². The van der Waals surface area contributed by atoms with E-state index in [2.05, 4.69) is 282 Å². The van der Waals surface area contributed by atoms with Gasteiger partial charge >= 0.3 is 0 Å². The summed E-state index contributed by atoms with van der Waals surface area (Å²) in [4.78, 5) is 10.6. The second-order valence-corrected chi connectivity index (χ2v) is 50.4. The molecule has 4 aromatic heterocycles. The van der Waals surface area contributed by atoms with Gasteiger partial charge in [0.1, 0.15) is 11.3 Å². The number of imidazole rings is 2. The predicted molar refractivity (Wildman–Crippen MR) is 637 cm³/mol. The fourth-order valence-electron chi connectivity index (χ4n) is 24.1. The molecule has 0 atom stereocenters. The topological polar surface area (TPSA) is 103 Å². The summed E-state index contributed by atoms with van der Waals surface area (Å²) in [6, 6.07) is 184. The molecule has 26 aromatic carbocycles. The first-order chi connectivity index (χ1) is 73.9. The van der Waals surface area contributed by atoms with Crippen LogP contribution in [0.5, 0.6) is 0 Å². The van der Waals surface area contributed by atoms with Gasteiger partial charge in [0, 0.05) is 85.2 Å². The van der Waals surface area contributed by atoms with Gasteiger partial charge in [-0.25, -0.2) is 9.97 Å². The van der Waals surface area contributed by atoms with Crippen molar-refractivity contribution in [2.75, 3.05) is 0 Å². The lowest BCUT2D eigenvalue weighted by atomic mass is 9.88. The molecule has 0 amide bonds. The summed E-state index contributed by atoms with van der Waals surface area (Å²) < 4.78 is 67.0. The van der Waals surface area contributed by atoms with Gasteiger partial charge in [-0.2, -0.15) is 0 Å². The highest BCUT2D eigenvalue weighted by Crippen LogP contribution is 2.53. The normalized spacial score (nSPS) is 12.4. The Bertz CT molecular complexity index is 10800. The third kappa shape index (κ3) is 13.8. The molecule has 30 aromatic rings. The van der Waals surface area contributed by atoms with E-state index in [4.69, 9.17) is 9.97 Å². The SMILES string of the molecule is O=P(c1ccccc1)(c1ccccc1)c1ccc2cc(-c3ccc4c(c3)c3ccc(-c5ccc6cc(P(=O)(c7ccccc7)c7ccccc7)ccc6c5)cc3c3nc5ccccc5n43)ccc2c1.O=P(c1ccccc1)(c1ccccc1)c1ccc2ccc3c(-c4ccc5c(c4)c4ccc(-c6ccc7ccc8c(P(=O)(c9ccccc9)c9ccccc9)ccc9ccc6c7c98)cc4c4nc6ccccc6n54)ccc4ccc1c2c43. The Kier molecular flexibility index (Phi) is 20.7. The number of hydrogen-bond donors (Lipinski definition) is 0. The molecule has 8 nitrogen and oxygen atoms in total. The molecule has 0 aliphatic heterocycles. The van der Waals surface area contributed by atoms with Crippen molar-refractivity contribution in [1.82, 2.24) is 18.8 Å². The Labute approximate surface area is 864 Å². The molecule has 0 aliphatic carbocycles. The van der Waals surface area contributed by atoms with E-state index < -0.39 is 28.6 Å². The molecular weight excluding hydrogens is 1900 g/mol. The number of aromatic nitrogens is 4. The first kappa shape index (κ1) is 88.7. The van der Waals surface area contributed by atoms with Gasteiger partial charge < -0.3 is 18.3 Å². The summed E-state index contributed by atoms with van der Waals surface area (Å²) in [6.07, 6.45) is 0. The summed E-state index contributed by atoms with van der Waals surface area (Å²) in [5, 5.41) is 34.3. The lowest BCUT2D eigenvalue weighted by Crippen LogP contribution is -2.25. The molecule has 4 heterocycles. The van der Waals surface area contributed by atoms with Crippen LogP contribution in [0.4, 0.5) is 0 Å². The van der Waals surface area contributed by atoms with Crippen molar-refractivity contribution in [2.24, 2.45) is 0 Å². The average Bonchev–Trinajstić information content (AvgIpc) is 1.71. The lowest BCUT2D eigenvalue weighted by molar-refractivity contribution is 0.591. The van der Waals surface area contributed by atoms with Crippen LogP contribution in [0.15, 0.2) is 534 Å². The standard InChI is InChI=1S/C75H46N2O2P2.C63H42N2O2P2/c78-80(53-15-5-1-6-16-53,54-17-7-2-8-18-54)69-43-33-49-27-38-60-57(35-25-47-29-40-62(69)73(49)71(47)60)51-31-37-59-64-45-52(32-42-67(64)77-68-24-14-13-23-66(68)76-75(77)65(59)46-51)58-36-26-48-30-41-63-70(44-34-50-28-39-61(58)72(48)74(50)63)81(79,55-19-9-3-10-20-55)56-21-11-4-12-22-56;66-68(51-15-5-1-6-16-51,52-17-7-2-8-18-52)55-33-29-45-37-43(25-27-47(45)39-55)49-31-35-57-58-41-50(32-36-61(58)65-62-24-14-13-23-60(62)64-63(65)59(57)42-49)44-26-28-48-40-56(34-30-46(48)38-44)69(67,53-19-9-3-10-20-53)54-21-11-4-12-22-54/h1-46H;1-42H. The number of para-hydroxylation sites is 4. The van der Waals surface area contributed by atoms with E-state index in [-0.39, 0.29) is 0 Å². The van der Waals surface area contributed by atoms with E-state index in [1.165, 1.54) is 10.8 Å². The number of nitrogens with zero attached hydrogens (tertiary/aromatic N) is 4. The molecule has 0 fully saturated rings. The van der Waals surface area contributed by atoms with Crippen molar-refractivity contribution in [3.8, 4) is 44.5 Å². The van der Waals surface area contributed by atoms with Crippen LogP contribution in [-0.2, 0) is 18.3 Å². The maximum atomic E-state index is 16.0. The lowest BCUT2D eigenvalue weighted by Gasteiger charge is -2.23. The second kappa shape index (κ2) is 35.0. The summed E-state index contributed by atoms with van der Waals surface area (Å²) in [5.74, 6) is 0. The molecule has 30 rings (SSSR count). The van der Waals surface area contributed by atoms with Crippen LogP contribution in [0.1, 0.15) is 0 Å². The van der Waals surface area contributed by atoms with E-state index >= 15 is 18.3 Å². The van der Waals surface area contributed by atoms with E-state index in [1.54, 1.807) is 0 Å². The fourth-order valence-corrected chi connectivity index (χ4v) is 35.2. The minimum Gasteiger partial charge on any atom is -0.309 e. The van der Waals surface area contributed by atoms with Crippen LogP contribution < -0.4 is 63.7 Å². The highest BCUT2D eigenvalue weighted by molar-refractivity contribution is 7.87. The van der Waals surface area contributed by atoms with Gasteiger partial charge in [-0.05, 0) is 239 Å². The van der Waals surface area contributed by atoms with Crippen molar-refractivity contribution in [2.45, 2.75) is 0 Å². The zero-order valence-electron chi connectivity index (χ0n) is 81.0. The van der Waals surface area contributed by atoms with Crippen molar-refractivity contribution in [1.29, 1.82) is 0 Å². The van der Waals surface area contributed by atoms with Gasteiger partial charge in [0.25, 0.3) is 0 Å². The number of fused-ring (bicyclic) bond motifs is 18. The predicted octanol–water partition coefficient (Wildman–Crippen LogP) is 30.9. The van der Waals surface area contributed by atoms with Gasteiger partial charge in [-0.1, -0.05) is 437 Å².